The molecule has 0 N–H and O–H groups in total. The van der Waals surface area contributed by atoms with E-state index in [4.69, 9.17) is 4.74 Å². The highest BCUT2D eigenvalue weighted by molar-refractivity contribution is 5.99. The van der Waals surface area contributed by atoms with Gasteiger partial charge in [-0.05, 0) is 23.3 Å². The van der Waals surface area contributed by atoms with Crippen molar-refractivity contribution < 1.29 is 4.74 Å². The van der Waals surface area contributed by atoms with Crippen LogP contribution in [0, 0.1) is 0 Å². The summed E-state index contributed by atoms with van der Waals surface area (Å²) >= 11 is 0. The Hall–Kier alpha value is -2.28. The molecule has 2 aliphatic rings. The molecule has 2 aromatic rings. The molecule has 0 heterocycles. The number of hydrogen-bond acceptors (Lipinski definition) is 1. The fourth-order valence-electron chi connectivity index (χ4n) is 2.26. The first kappa shape index (κ1) is 8.82. The molecule has 0 atom stereocenters. The van der Waals surface area contributed by atoms with Gasteiger partial charge in [-0.3, -0.25) is 0 Å². The minimum atomic E-state index is 0.973. The molecule has 0 spiro atoms. The molecule has 2 aromatic carbocycles. The van der Waals surface area contributed by atoms with Crippen LogP contribution in [0.1, 0.15) is 22.3 Å². The smallest absolute Gasteiger partial charge is 0.135 e. The lowest BCUT2D eigenvalue weighted by Crippen LogP contribution is -2.06. The van der Waals surface area contributed by atoms with Gasteiger partial charge in [-0.15, -0.1) is 0 Å². The van der Waals surface area contributed by atoms with Crippen molar-refractivity contribution in [2.75, 3.05) is 0 Å². The normalized spacial score (nSPS) is 14.6. The monoisotopic (exact) mass is 218 g/mol. The highest BCUT2D eigenvalue weighted by Gasteiger charge is 2.23. The molecule has 1 heteroatoms. The maximum atomic E-state index is 5.90. The average molecular weight is 218 g/mol. The number of benzene rings is 2. The molecule has 0 aliphatic heterocycles. The zero-order valence-electron chi connectivity index (χ0n) is 9.18. The van der Waals surface area contributed by atoms with Gasteiger partial charge in [0, 0.05) is 11.1 Å². The highest BCUT2D eigenvalue weighted by atomic mass is 16.5. The predicted molar refractivity (Wildman–Crippen MR) is 69.7 cm³/mol. The summed E-state index contributed by atoms with van der Waals surface area (Å²) < 4.78 is 5.90. The van der Waals surface area contributed by atoms with Crippen molar-refractivity contribution in [3.8, 4) is 0 Å². The topological polar surface area (TPSA) is 9.23 Å². The fourth-order valence-corrected chi connectivity index (χ4v) is 2.26. The van der Waals surface area contributed by atoms with Gasteiger partial charge < -0.3 is 4.74 Å². The molecule has 0 radical (unpaired) electrons. The van der Waals surface area contributed by atoms with Crippen LogP contribution < -0.4 is 0 Å². The average Bonchev–Trinajstić information content (AvgIpc) is 2.31. The quantitative estimate of drug-likeness (QED) is 0.739. The summed E-state index contributed by atoms with van der Waals surface area (Å²) in [5.41, 5.74) is 4.93. The fraction of sp³-hybridized carbons (Fsp3) is 0. The summed E-state index contributed by atoms with van der Waals surface area (Å²) in [4.78, 5) is 0. The van der Waals surface area contributed by atoms with Crippen LogP contribution in [0.3, 0.4) is 0 Å². The van der Waals surface area contributed by atoms with Crippen molar-refractivity contribution >= 4 is 23.7 Å². The lowest BCUT2D eigenvalue weighted by Gasteiger charge is -2.25. The third-order valence-electron chi connectivity index (χ3n) is 3.25. The molecule has 0 unspecified atom stereocenters. The third-order valence-corrected chi connectivity index (χ3v) is 3.25. The van der Waals surface area contributed by atoms with Crippen LogP contribution in [0.25, 0.3) is 23.7 Å². The number of rotatable bonds is 2. The van der Waals surface area contributed by atoms with Gasteiger partial charge in [0.1, 0.15) is 11.5 Å². The molecule has 17 heavy (non-hydrogen) atoms. The Morgan fingerprint density at radius 2 is 1.06 bits per heavy atom. The van der Waals surface area contributed by atoms with Gasteiger partial charge in [0.15, 0.2) is 0 Å². The van der Waals surface area contributed by atoms with E-state index in [9.17, 15) is 0 Å². The van der Waals surface area contributed by atoms with Crippen LogP contribution in [0.15, 0.2) is 48.5 Å². The van der Waals surface area contributed by atoms with E-state index in [2.05, 4.69) is 36.4 Å². The Kier molecular flexibility index (Phi) is 1.61. The lowest BCUT2D eigenvalue weighted by molar-refractivity contribution is 0.469. The molecule has 1 nitrogen and oxygen atoms in total. The molecule has 0 amide bonds. The largest absolute Gasteiger partial charge is 0.456 e. The predicted octanol–water partition coefficient (Wildman–Crippen LogP) is 4.03. The minimum absolute atomic E-state index is 0.973. The van der Waals surface area contributed by atoms with Gasteiger partial charge in [0.05, 0.1) is 0 Å². The maximum absolute atomic E-state index is 5.90. The summed E-state index contributed by atoms with van der Waals surface area (Å²) in [7, 11) is 0. The molecule has 0 aromatic heterocycles. The van der Waals surface area contributed by atoms with E-state index in [0.717, 1.165) is 11.5 Å². The Morgan fingerprint density at radius 1 is 0.588 bits per heavy atom. The first-order chi connectivity index (χ1) is 8.42. The van der Waals surface area contributed by atoms with Crippen molar-refractivity contribution in [1.29, 1.82) is 0 Å². The van der Waals surface area contributed by atoms with Crippen LogP contribution in [0.2, 0.25) is 0 Å². The zero-order chi connectivity index (χ0) is 11.2. The van der Waals surface area contributed by atoms with Gasteiger partial charge in [-0.1, -0.05) is 48.5 Å². The van der Waals surface area contributed by atoms with Gasteiger partial charge in [0.2, 0.25) is 0 Å². The van der Waals surface area contributed by atoms with Crippen LogP contribution in [-0.2, 0) is 4.74 Å². The van der Waals surface area contributed by atoms with Crippen LogP contribution in [0.5, 0.6) is 0 Å². The van der Waals surface area contributed by atoms with Crippen LogP contribution >= 0.6 is 0 Å². The van der Waals surface area contributed by atoms with Crippen molar-refractivity contribution in [2.24, 2.45) is 0 Å². The SMILES string of the molecule is C1=C(OC2=Cc3ccccc32)c2ccccc21. The van der Waals surface area contributed by atoms with E-state index in [1.165, 1.54) is 22.3 Å². The standard InChI is InChI=1S/C16H10O/c1-3-7-13-11(5-1)9-15(13)17-16-10-12-6-2-4-8-14(12)16/h1-10H. The van der Waals surface area contributed by atoms with Gasteiger partial charge in [-0.25, -0.2) is 0 Å². The van der Waals surface area contributed by atoms with E-state index in [-0.39, 0.29) is 0 Å². The van der Waals surface area contributed by atoms with Gasteiger partial charge >= 0.3 is 0 Å². The summed E-state index contributed by atoms with van der Waals surface area (Å²) in [6, 6.07) is 16.6. The summed E-state index contributed by atoms with van der Waals surface area (Å²) in [6.07, 6.45) is 4.16. The molecule has 0 saturated carbocycles. The molecule has 80 valence electrons. The second-order valence-corrected chi connectivity index (χ2v) is 4.29. The molecule has 0 bridgehead atoms. The van der Waals surface area contributed by atoms with E-state index in [0.29, 0.717) is 0 Å². The van der Waals surface area contributed by atoms with Crippen LogP contribution in [0.4, 0.5) is 0 Å². The first-order valence-electron chi connectivity index (χ1n) is 5.72. The van der Waals surface area contributed by atoms with E-state index < -0.39 is 0 Å². The van der Waals surface area contributed by atoms with Crippen molar-refractivity contribution in [3.05, 3.63) is 70.8 Å². The van der Waals surface area contributed by atoms with E-state index >= 15 is 0 Å². The number of ether oxygens (including phenoxy) is 1. The summed E-state index contributed by atoms with van der Waals surface area (Å²) in [6.45, 7) is 0. The maximum Gasteiger partial charge on any atom is 0.135 e. The van der Waals surface area contributed by atoms with Gasteiger partial charge in [-0.2, -0.15) is 0 Å². The van der Waals surface area contributed by atoms with Crippen molar-refractivity contribution in [1.82, 2.24) is 0 Å². The Morgan fingerprint density at radius 3 is 1.53 bits per heavy atom. The van der Waals surface area contributed by atoms with Gasteiger partial charge in [0.25, 0.3) is 0 Å². The van der Waals surface area contributed by atoms with E-state index in [1.807, 2.05) is 24.3 Å². The Balaban J connectivity index is 1.60. The molecule has 0 saturated heterocycles. The Bertz CT molecular complexity index is 618. The third kappa shape index (κ3) is 1.19. The second-order valence-electron chi connectivity index (χ2n) is 4.29. The summed E-state index contributed by atoms with van der Waals surface area (Å²) in [5.74, 6) is 1.95. The summed E-state index contributed by atoms with van der Waals surface area (Å²) in [5, 5.41) is 0. The van der Waals surface area contributed by atoms with Crippen molar-refractivity contribution in [3.63, 3.8) is 0 Å². The molecule has 2 aliphatic carbocycles. The minimum Gasteiger partial charge on any atom is -0.456 e. The zero-order valence-corrected chi connectivity index (χ0v) is 9.18. The van der Waals surface area contributed by atoms with Crippen molar-refractivity contribution in [2.45, 2.75) is 0 Å². The molecular formula is C16H10O. The van der Waals surface area contributed by atoms with E-state index in [1.54, 1.807) is 0 Å². The molecular weight excluding hydrogens is 208 g/mol. The number of hydrogen-bond donors (Lipinski definition) is 0. The Labute approximate surface area is 99.7 Å². The van der Waals surface area contributed by atoms with Crippen LogP contribution in [-0.4, -0.2) is 0 Å². The first-order valence-corrected chi connectivity index (χ1v) is 5.72. The highest BCUT2D eigenvalue weighted by Crippen LogP contribution is 2.41. The lowest BCUT2D eigenvalue weighted by atomic mass is 9.93. The molecule has 0 fully saturated rings. The molecule has 4 rings (SSSR count). The number of fused-ring (bicyclic) bond motifs is 2. The second kappa shape index (κ2) is 3.11.